The molecule has 1 fully saturated rings. The second-order valence-corrected chi connectivity index (χ2v) is 5.03. The molecule has 100 valence electrons. The van der Waals surface area contributed by atoms with Gasteiger partial charge in [-0.15, -0.1) is 12.4 Å². The van der Waals surface area contributed by atoms with Crippen molar-refractivity contribution in [3.8, 4) is 0 Å². The number of nitrogens with one attached hydrogen (secondary N) is 1. The molecular formula is C11H22ClN3O2. The summed E-state index contributed by atoms with van der Waals surface area (Å²) in [6.45, 7) is 5.99. The fourth-order valence-electron chi connectivity index (χ4n) is 1.72. The molecule has 0 aromatic carbocycles. The van der Waals surface area contributed by atoms with Crippen LogP contribution in [0.3, 0.4) is 0 Å². The molecule has 0 bridgehead atoms. The Morgan fingerprint density at radius 1 is 1.29 bits per heavy atom. The number of likely N-dealkylation sites (tertiary alicyclic amines) is 1. The molecule has 1 heterocycles. The normalized spacial score (nSPS) is 18.2. The molecule has 0 saturated carbocycles. The molecule has 1 rings (SSSR count). The summed E-state index contributed by atoms with van der Waals surface area (Å²) in [6, 6.07) is 0. The first-order valence-corrected chi connectivity index (χ1v) is 5.69. The van der Waals surface area contributed by atoms with Crippen LogP contribution in [0.25, 0.3) is 0 Å². The van der Waals surface area contributed by atoms with Gasteiger partial charge < -0.3 is 16.0 Å². The van der Waals surface area contributed by atoms with E-state index >= 15 is 0 Å². The largest absolute Gasteiger partial charge is 0.346 e. The van der Waals surface area contributed by atoms with Crippen LogP contribution < -0.4 is 11.1 Å². The second-order valence-electron chi connectivity index (χ2n) is 5.03. The second kappa shape index (κ2) is 6.81. The highest BCUT2D eigenvalue weighted by molar-refractivity contribution is 5.85. The molecule has 0 aromatic rings. The zero-order chi connectivity index (χ0) is 12.2. The van der Waals surface area contributed by atoms with Crippen LogP contribution in [-0.4, -0.2) is 42.9 Å². The molecule has 1 aliphatic heterocycles. The zero-order valence-electron chi connectivity index (χ0n) is 10.5. The minimum absolute atomic E-state index is 0. The van der Waals surface area contributed by atoms with E-state index in [0.717, 1.165) is 25.9 Å². The Morgan fingerprint density at radius 2 is 1.82 bits per heavy atom. The van der Waals surface area contributed by atoms with E-state index in [4.69, 9.17) is 5.73 Å². The minimum atomic E-state index is -0.286. The summed E-state index contributed by atoms with van der Waals surface area (Å²) in [5.74, 6) is -0.303. The van der Waals surface area contributed by atoms with Crippen LogP contribution in [0.2, 0.25) is 0 Å². The maximum absolute atomic E-state index is 11.7. The third-order valence-electron chi connectivity index (χ3n) is 3.09. The Morgan fingerprint density at radius 3 is 2.29 bits per heavy atom. The molecule has 17 heavy (non-hydrogen) atoms. The summed E-state index contributed by atoms with van der Waals surface area (Å²) in [7, 11) is 0. The summed E-state index contributed by atoms with van der Waals surface area (Å²) in [5, 5.41) is 2.49. The van der Waals surface area contributed by atoms with Gasteiger partial charge in [-0.2, -0.15) is 0 Å². The van der Waals surface area contributed by atoms with E-state index in [1.54, 1.807) is 0 Å². The van der Waals surface area contributed by atoms with Crippen LogP contribution in [-0.2, 0) is 9.59 Å². The number of hydrogen-bond acceptors (Lipinski definition) is 3. The van der Waals surface area contributed by atoms with E-state index in [-0.39, 0.29) is 37.3 Å². The van der Waals surface area contributed by atoms with Crippen LogP contribution in [0.4, 0.5) is 0 Å². The van der Waals surface area contributed by atoms with E-state index in [2.05, 4.69) is 19.2 Å². The number of carbonyl (C=O) groups excluding carboxylic acids is 2. The molecule has 1 aliphatic rings. The van der Waals surface area contributed by atoms with Gasteiger partial charge in [0.25, 0.3) is 0 Å². The highest BCUT2D eigenvalue weighted by atomic mass is 35.5. The van der Waals surface area contributed by atoms with E-state index in [1.165, 1.54) is 0 Å². The summed E-state index contributed by atoms with van der Waals surface area (Å²) in [6.07, 6.45) is 2.03. The van der Waals surface area contributed by atoms with Crippen molar-refractivity contribution in [2.45, 2.75) is 26.7 Å². The van der Waals surface area contributed by atoms with Crippen molar-refractivity contribution in [1.82, 2.24) is 10.2 Å². The van der Waals surface area contributed by atoms with Gasteiger partial charge in [0.05, 0.1) is 13.1 Å². The molecule has 0 unspecified atom stereocenters. The van der Waals surface area contributed by atoms with Crippen molar-refractivity contribution in [2.24, 2.45) is 11.1 Å². The third kappa shape index (κ3) is 5.37. The van der Waals surface area contributed by atoms with Crippen molar-refractivity contribution in [3.63, 3.8) is 0 Å². The molecule has 5 nitrogen and oxygen atoms in total. The molecule has 2 amide bonds. The van der Waals surface area contributed by atoms with Gasteiger partial charge in [-0.25, -0.2) is 0 Å². The number of nitrogens with two attached hydrogens (primary N) is 1. The standard InChI is InChI=1S/C11H21N3O2.ClH/c1-11(2)3-5-14(6-4-11)10(16)8-13-9(15)7-12;/h3-8,12H2,1-2H3,(H,13,15);1H. The maximum atomic E-state index is 11.7. The monoisotopic (exact) mass is 263 g/mol. The first kappa shape index (κ1) is 16.2. The lowest BCUT2D eigenvalue weighted by Gasteiger charge is -2.36. The predicted octanol–water partition coefficient (Wildman–Crippen LogP) is 0.132. The Hall–Kier alpha value is -0.810. The van der Waals surface area contributed by atoms with Crippen LogP contribution in [0.15, 0.2) is 0 Å². The molecule has 0 radical (unpaired) electrons. The fraction of sp³-hybridized carbons (Fsp3) is 0.818. The molecule has 1 saturated heterocycles. The van der Waals surface area contributed by atoms with E-state index in [1.807, 2.05) is 4.90 Å². The minimum Gasteiger partial charge on any atom is -0.346 e. The van der Waals surface area contributed by atoms with Gasteiger partial charge in [-0.1, -0.05) is 13.8 Å². The summed E-state index contributed by atoms with van der Waals surface area (Å²) in [5.41, 5.74) is 5.47. The molecule has 6 heteroatoms. The van der Waals surface area contributed by atoms with Gasteiger partial charge in [0.1, 0.15) is 0 Å². The SMILES string of the molecule is CC1(C)CCN(C(=O)CNC(=O)CN)CC1.Cl. The number of amides is 2. The number of halogens is 1. The topological polar surface area (TPSA) is 75.4 Å². The van der Waals surface area contributed by atoms with Crippen molar-refractivity contribution < 1.29 is 9.59 Å². The third-order valence-corrected chi connectivity index (χ3v) is 3.09. The van der Waals surface area contributed by atoms with E-state index in [0.29, 0.717) is 5.41 Å². The molecule has 0 aliphatic carbocycles. The van der Waals surface area contributed by atoms with Gasteiger partial charge in [-0.3, -0.25) is 9.59 Å². The number of hydrogen-bond donors (Lipinski definition) is 2. The van der Waals surface area contributed by atoms with Crippen LogP contribution in [0, 0.1) is 5.41 Å². The smallest absolute Gasteiger partial charge is 0.241 e. The summed E-state index contributed by atoms with van der Waals surface area (Å²) < 4.78 is 0. The zero-order valence-corrected chi connectivity index (χ0v) is 11.3. The fourth-order valence-corrected chi connectivity index (χ4v) is 1.72. The van der Waals surface area contributed by atoms with Crippen molar-refractivity contribution >= 4 is 24.2 Å². The van der Waals surface area contributed by atoms with Crippen LogP contribution in [0.1, 0.15) is 26.7 Å². The van der Waals surface area contributed by atoms with Crippen molar-refractivity contribution in [1.29, 1.82) is 0 Å². The molecule has 3 N–H and O–H groups in total. The van der Waals surface area contributed by atoms with Crippen molar-refractivity contribution in [2.75, 3.05) is 26.2 Å². The lowest BCUT2D eigenvalue weighted by molar-refractivity contribution is -0.134. The number of carbonyl (C=O) groups is 2. The average Bonchev–Trinajstić information content (AvgIpc) is 2.25. The summed E-state index contributed by atoms with van der Waals surface area (Å²) >= 11 is 0. The Labute approximate surface area is 109 Å². The molecule has 0 atom stereocenters. The molecule has 0 spiro atoms. The first-order chi connectivity index (χ1) is 7.44. The van der Waals surface area contributed by atoms with Gasteiger partial charge in [-0.05, 0) is 18.3 Å². The lowest BCUT2D eigenvalue weighted by Crippen LogP contribution is -2.46. The highest BCUT2D eigenvalue weighted by Crippen LogP contribution is 2.29. The Bertz CT molecular complexity index is 272. The number of piperidine rings is 1. The van der Waals surface area contributed by atoms with E-state index < -0.39 is 0 Å². The molecule has 0 aromatic heterocycles. The quantitative estimate of drug-likeness (QED) is 0.760. The Kier molecular flexibility index (Phi) is 6.49. The average molecular weight is 264 g/mol. The predicted molar refractivity (Wildman–Crippen MR) is 68.9 cm³/mol. The summed E-state index contributed by atoms with van der Waals surface area (Å²) in [4.78, 5) is 24.4. The van der Waals surface area contributed by atoms with Gasteiger partial charge in [0.2, 0.25) is 11.8 Å². The van der Waals surface area contributed by atoms with Gasteiger partial charge in [0, 0.05) is 13.1 Å². The first-order valence-electron chi connectivity index (χ1n) is 5.69. The maximum Gasteiger partial charge on any atom is 0.241 e. The number of nitrogens with zero attached hydrogens (tertiary/aromatic N) is 1. The number of rotatable bonds is 3. The van der Waals surface area contributed by atoms with Crippen LogP contribution >= 0.6 is 12.4 Å². The van der Waals surface area contributed by atoms with Gasteiger partial charge >= 0.3 is 0 Å². The van der Waals surface area contributed by atoms with Crippen LogP contribution in [0.5, 0.6) is 0 Å². The van der Waals surface area contributed by atoms with Crippen molar-refractivity contribution in [3.05, 3.63) is 0 Å². The molecular weight excluding hydrogens is 242 g/mol. The Balaban J connectivity index is 0.00000256. The van der Waals surface area contributed by atoms with Gasteiger partial charge in [0.15, 0.2) is 0 Å². The highest BCUT2D eigenvalue weighted by Gasteiger charge is 2.27. The lowest BCUT2D eigenvalue weighted by atomic mass is 9.83. The van der Waals surface area contributed by atoms with E-state index in [9.17, 15) is 9.59 Å².